The molecule has 2 rings (SSSR count). The molecule has 1 unspecified atom stereocenters. The van der Waals surface area contributed by atoms with Crippen LogP contribution in [0, 0.1) is 0 Å². The molecule has 0 spiro atoms. The number of hydrogen-bond acceptors (Lipinski definition) is 3. The minimum Gasteiger partial charge on any atom is -0.491 e. The molecule has 0 aromatic heterocycles. The zero-order valence-corrected chi connectivity index (χ0v) is 14.1. The molecule has 0 bridgehead atoms. The zero-order chi connectivity index (χ0) is 16.3. The first-order valence-electron chi connectivity index (χ1n) is 8.38. The lowest BCUT2D eigenvalue weighted by Crippen LogP contribution is -2.22. The summed E-state index contributed by atoms with van der Waals surface area (Å²) in [7, 11) is 0. The van der Waals surface area contributed by atoms with Crippen molar-refractivity contribution in [2.75, 3.05) is 26.4 Å². The average Bonchev–Trinajstić information content (AvgIpc) is 2.60. The lowest BCUT2D eigenvalue weighted by Gasteiger charge is -2.18. The highest BCUT2D eigenvalue weighted by Gasteiger charge is 2.10. The van der Waals surface area contributed by atoms with Crippen molar-refractivity contribution in [1.82, 2.24) is 5.32 Å². The van der Waals surface area contributed by atoms with Crippen LogP contribution in [0.1, 0.15) is 31.0 Å². The number of hydrogen-bond donors (Lipinski definition) is 1. The fourth-order valence-corrected chi connectivity index (χ4v) is 2.51. The minimum atomic E-state index is 0.252. The Balaban J connectivity index is 1.84. The van der Waals surface area contributed by atoms with E-state index in [9.17, 15) is 0 Å². The fraction of sp³-hybridized carbons (Fsp3) is 0.400. The highest BCUT2D eigenvalue weighted by Crippen LogP contribution is 2.24. The quantitative estimate of drug-likeness (QED) is 0.673. The molecule has 0 saturated heterocycles. The average molecular weight is 313 g/mol. The lowest BCUT2D eigenvalue weighted by atomic mass is 10.1. The number of benzene rings is 2. The molecule has 3 heteroatoms. The van der Waals surface area contributed by atoms with Crippen LogP contribution >= 0.6 is 0 Å². The Morgan fingerprint density at radius 1 is 0.957 bits per heavy atom. The summed E-state index contributed by atoms with van der Waals surface area (Å²) < 4.78 is 11.2. The van der Waals surface area contributed by atoms with Crippen LogP contribution in [-0.2, 0) is 11.2 Å². The molecule has 2 aromatic carbocycles. The third-order valence-electron chi connectivity index (χ3n) is 3.78. The summed E-state index contributed by atoms with van der Waals surface area (Å²) in [5.41, 5.74) is 2.55. The zero-order valence-electron chi connectivity index (χ0n) is 14.1. The predicted molar refractivity (Wildman–Crippen MR) is 95.0 cm³/mol. The summed E-state index contributed by atoms with van der Waals surface area (Å²) in [5.74, 6) is 0.937. The molecule has 0 amide bonds. The molecule has 1 N–H and O–H groups in total. The van der Waals surface area contributed by atoms with E-state index in [1.54, 1.807) is 0 Å². The van der Waals surface area contributed by atoms with Crippen molar-refractivity contribution in [3.63, 3.8) is 0 Å². The van der Waals surface area contributed by atoms with Crippen LogP contribution in [0.15, 0.2) is 54.6 Å². The first-order valence-corrected chi connectivity index (χ1v) is 8.38. The highest BCUT2D eigenvalue weighted by atomic mass is 16.5. The second-order valence-electron chi connectivity index (χ2n) is 5.49. The van der Waals surface area contributed by atoms with Gasteiger partial charge in [-0.1, -0.05) is 48.5 Å². The van der Waals surface area contributed by atoms with Crippen LogP contribution in [0.4, 0.5) is 0 Å². The molecule has 0 aliphatic rings. The van der Waals surface area contributed by atoms with E-state index in [-0.39, 0.29) is 6.04 Å². The Hall–Kier alpha value is -1.84. The molecule has 0 saturated carbocycles. The monoisotopic (exact) mass is 313 g/mol. The first kappa shape index (κ1) is 17.5. The van der Waals surface area contributed by atoms with Gasteiger partial charge in [-0.2, -0.15) is 0 Å². The molecule has 0 fully saturated rings. The van der Waals surface area contributed by atoms with Gasteiger partial charge in [0.2, 0.25) is 0 Å². The number of para-hydroxylation sites is 1. The van der Waals surface area contributed by atoms with E-state index in [2.05, 4.69) is 54.7 Å². The van der Waals surface area contributed by atoms with Crippen molar-refractivity contribution in [1.29, 1.82) is 0 Å². The molecule has 2 aromatic rings. The lowest BCUT2D eigenvalue weighted by molar-refractivity contribution is 0.109. The summed E-state index contributed by atoms with van der Waals surface area (Å²) in [5, 5.41) is 3.58. The Morgan fingerprint density at radius 3 is 2.48 bits per heavy atom. The van der Waals surface area contributed by atoms with Gasteiger partial charge in [0.05, 0.1) is 6.61 Å². The van der Waals surface area contributed by atoms with Gasteiger partial charge in [-0.05, 0) is 38.4 Å². The molecule has 0 radical (unpaired) electrons. The van der Waals surface area contributed by atoms with Crippen LogP contribution in [0.3, 0.4) is 0 Å². The molecule has 0 aliphatic carbocycles. The van der Waals surface area contributed by atoms with Crippen molar-refractivity contribution in [3.8, 4) is 5.75 Å². The number of ether oxygens (including phenoxy) is 2. The molecule has 124 valence electrons. The molecule has 1 atom stereocenters. The van der Waals surface area contributed by atoms with Crippen LogP contribution in [-0.4, -0.2) is 26.4 Å². The van der Waals surface area contributed by atoms with Crippen molar-refractivity contribution in [3.05, 3.63) is 65.7 Å². The van der Waals surface area contributed by atoms with Gasteiger partial charge < -0.3 is 14.8 Å². The van der Waals surface area contributed by atoms with Crippen LogP contribution < -0.4 is 10.1 Å². The topological polar surface area (TPSA) is 30.5 Å². The third-order valence-corrected chi connectivity index (χ3v) is 3.78. The van der Waals surface area contributed by atoms with Gasteiger partial charge in [0.15, 0.2) is 0 Å². The fourth-order valence-electron chi connectivity index (χ4n) is 2.51. The molecule has 3 nitrogen and oxygen atoms in total. The number of rotatable bonds is 10. The molecular formula is C20H27NO2. The highest BCUT2D eigenvalue weighted by molar-refractivity contribution is 5.35. The second kappa shape index (κ2) is 10.0. The van der Waals surface area contributed by atoms with Gasteiger partial charge in [0.1, 0.15) is 12.4 Å². The summed E-state index contributed by atoms with van der Waals surface area (Å²) >= 11 is 0. The Bertz CT molecular complexity index is 557. The smallest absolute Gasteiger partial charge is 0.124 e. The van der Waals surface area contributed by atoms with Crippen molar-refractivity contribution < 1.29 is 9.47 Å². The van der Waals surface area contributed by atoms with Gasteiger partial charge in [-0.25, -0.2) is 0 Å². The van der Waals surface area contributed by atoms with E-state index in [4.69, 9.17) is 9.47 Å². The summed E-state index contributed by atoms with van der Waals surface area (Å²) in [6, 6.07) is 19.0. The summed E-state index contributed by atoms with van der Waals surface area (Å²) in [4.78, 5) is 0. The van der Waals surface area contributed by atoms with Crippen LogP contribution in [0.2, 0.25) is 0 Å². The molecule has 0 heterocycles. The van der Waals surface area contributed by atoms with Crippen molar-refractivity contribution in [2.24, 2.45) is 0 Å². The van der Waals surface area contributed by atoms with E-state index < -0.39 is 0 Å². The predicted octanol–water partition coefficient (Wildman–Crippen LogP) is 4.00. The van der Waals surface area contributed by atoms with Crippen LogP contribution in [0.25, 0.3) is 0 Å². The van der Waals surface area contributed by atoms with Gasteiger partial charge in [0, 0.05) is 18.2 Å². The SMILES string of the molecule is CCOCCOc1ccccc1C(C)NCCc1ccccc1. The number of nitrogens with one attached hydrogen (secondary N) is 1. The van der Waals surface area contributed by atoms with Gasteiger partial charge >= 0.3 is 0 Å². The minimum absolute atomic E-state index is 0.252. The largest absolute Gasteiger partial charge is 0.491 e. The second-order valence-corrected chi connectivity index (χ2v) is 5.49. The Kier molecular flexibility index (Phi) is 7.64. The van der Waals surface area contributed by atoms with Gasteiger partial charge in [-0.15, -0.1) is 0 Å². The van der Waals surface area contributed by atoms with Crippen molar-refractivity contribution >= 4 is 0 Å². The van der Waals surface area contributed by atoms with Crippen molar-refractivity contribution in [2.45, 2.75) is 26.3 Å². The maximum Gasteiger partial charge on any atom is 0.124 e. The summed E-state index contributed by atoms with van der Waals surface area (Å²) in [6.45, 7) is 7.05. The Labute approximate surface area is 139 Å². The standard InChI is InChI=1S/C20H27NO2/c1-3-22-15-16-23-20-12-8-7-11-19(20)17(2)21-14-13-18-9-5-4-6-10-18/h4-12,17,21H,3,13-16H2,1-2H3. The van der Waals surface area contributed by atoms with Crippen LogP contribution in [0.5, 0.6) is 5.75 Å². The van der Waals surface area contributed by atoms with E-state index in [1.165, 1.54) is 11.1 Å². The van der Waals surface area contributed by atoms with E-state index in [0.717, 1.165) is 25.3 Å². The molecular weight excluding hydrogens is 286 g/mol. The van der Waals surface area contributed by atoms with Gasteiger partial charge in [-0.3, -0.25) is 0 Å². The van der Waals surface area contributed by atoms with E-state index in [1.807, 2.05) is 19.1 Å². The first-order chi connectivity index (χ1) is 11.3. The molecule has 0 aliphatic heterocycles. The van der Waals surface area contributed by atoms with E-state index >= 15 is 0 Å². The molecule has 23 heavy (non-hydrogen) atoms. The summed E-state index contributed by atoms with van der Waals surface area (Å²) in [6.07, 6.45) is 1.03. The maximum atomic E-state index is 5.86. The maximum absolute atomic E-state index is 5.86. The Morgan fingerprint density at radius 2 is 1.70 bits per heavy atom. The third kappa shape index (κ3) is 6.05. The normalized spacial score (nSPS) is 12.1. The van der Waals surface area contributed by atoms with E-state index in [0.29, 0.717) is 13.2 Å². The van der Waals surface area contributed by atoms with Gasteiger partial charge in [0.25, 0.3) is 0 Å².